The predicted molar refractivity (Wildman–Crippen MR) is 97.7 cm³/mol. The molecule has 1 unspecified atom stereocenters. The second-order valence-electron chi connectivity index (χ2n) is 6.03. The highest BCUT2D eigenvalue weighted by Crippen LogP contribution is 2.54. The molecule has 1 saturated heterocycles. The number of para-hydroxylation sites is 1. The van der Waals surface area contributed by atoms with Crippen molar-refractivity contribution in [2.45, 2.75) is 15.9 Å². The van der Waals surface area contributed by atoms with Crippen molar-refractivity contribution in [3.8, 4) is 5.69 Å². The average Bonchev–Trinajstić information content (AvgIpc) is 3.04. The highest BCUT2D eigenvalue weighted by atomic mass is 35.5. The van der Waals surface area contributed by atoms with Crippen LogP contribution in [-0.2, 0) is 4.74 Å². The van der Waals surface area contributed by atoms with Gasteiger partial charge >= 0.3 is 0 Å². The first-order valence-electron chi connectivity index (χ1n) is 7.99. The summed E-state index contributed by atoms with van der Waals surface area (Å²) in [5.74, 6) is 2.03. The third-order valence-electron chi connectivity index (χ3n) is 4.29. The Kier molecular flexibility index (Phi) is 4.64. The molecule has 2 aromatic rings. The van der Waals surface area contributed by atoms with Crippen LogP contribution in [0.1, 0.15) is 6.42 Å². The molecule has 1 aliphatic heterocycles. The van der Waals surface area contributed by atoms with Crippen molar-refractivity contribution in [1.29, 1.82) is 0 Å². The lowest BCUT2D eigenvalue weighted by Crippen LogP contribution is -2.37. The van der Waals surface area contributed by atoms with E-state index in [-0.39, 0.29) is 0 Å². The third kappa shape index (κ3) is 3.38. The molecule has 0 spiro atoms. The smallest absolute Gasteiger partial charge is 0.232 e. The highest BCUT2D eigenvalue weighted by Gasteiger charge is 2.51. The number of alkyl halides is 2. The van der Waals surface area contributed by atoms with Gasteiger partial charge in [0.15, 0.2) is 5.16 Å². The van der Waals surface area contributed by atoms with Gasteiger partial charge in [0.05, 0.1) is 18.9 Å². The standard InChI is InChI=1S/C16H18Cl2N4OS/c17-16(18)10-12(16)11-24-15-20-19-14(21-6-8-23-9-7-21)22(15)13-4-2-1-3-5-13/h1-5,12H,6-11H2. The van der Waals surface area contributed by atoms with Crippen LogP contribution in [0.3, 0.4) is 0 Å². The molecule has 24 heavy (non-hydrogen) atoms. The number of hydrogen-bond acceptors (Lipinski definition) is 5. The average molecular weight is 385 g/mol. The zero-order valence-electron chi connectivity index (χ0n) is 13.1. The maximum Gasteiger partial charge on any atom is 0.232 e. The van der Waals surface area contributed by atoms with Gasteiger partial charge < -0.3 is 9.64 Å². The second kappa shape index (κ2) is 6.75. The topological polar surface area (TPSA) is 43.2 Å². The lowest BCUT2D eigenvalue weighted by molar-refractivity contribution is 0.122. The Morgan fingerprint density at radius 2 is 1.88 bits per heavy atom. The van der Waals surface area contributed by atoms with Crippen LogP contribution in [-0.4, -0.2) is 51.2 Å². The number of nitrogens with zero attached hydrogens (tertiary/aromatic N) is 4. The molecule has 4 rings (SSSR count). The van der Waals surface area contributed by atoms with Gasteiger partial charge in [-0.25, -0.2) is 0 Å². The fourth-order valence-corrected chi connectivity index (χ4v) is 4.63. The van der Waals surface area contributed by atoms with Crippen molar-refractivity contribution in [2.24, 2.45) is 5.92 Å². The maximum absolute atomic E-state index is 6.14. The first-order valence-corrected chi connectivity index (χ1v) is 9.73. The molecule has 2 heterocycles. The van der Waals surface area contributed by atoms with E-state index in [0.717, 1.165) is 42.1 Å². The van der Waals surface area contributed by atoms with Crippen LogP contribution in [0, 0.1) is 5.92 Å². The summed E-state index contributed by atoms with van der Waals surface area (Å²) in [6.07, 6.45) is 0.846. The lowest BCUT2D eigenvalue weighted by atomic mass is 10.3. The van der Waals surface area contributed by atoms with E-state index in [1.165, 1.54) is 0 Å². The SMILES string of the molecule is ClC1(Cl)CC1CSc1nnc(N2CCOCC2)n1-c1ccccc1. The van der Waals surface area contributed by atoms with Crippen LogP contribution in [0.4, 0.5) is 5.95 Å². The van der Waals surface area contributed by atoms with Crippen LogP contribution < -0.4 is 4.90 Å². The third-order valence-corrected chi connectivity index (χ3v) is 6.31. The fraction of sp³-hybridized carbons (Fsp3) is 0.500. The number of morpholine rings is 1. The van der Waals surface area contributed by atoms with Crippen LogP contribution in [0.2, 0.25) is 0 Å². The van der Waals surface area contributed by atoms with Crippen molar-refractivity contribution in [3.63, 3.8) is 0 Å². The number of thioether (sulfide) groups is 1. The second-order valence-corrected chi connectivity index (χ2v) is 8.56. The Labute approximate surface area is 155 Å². The highest BCUT2D eigenvalue weighted by molar-refractivity contribution is 7.99. The minimum absolute atomic E-state index is 0.318. The molecule has 1 atom stereocenters. The van der Waals surface area contributed by atoms with E-state index in [9.17, 15) is 0 Å². The molecule has 0 amide bonds. The molecule has 2 fully saturated rings. The number of benzene rings is 1. The monoisotopic (exact) mass is 384 g/mol. The number of ether oxygens (including phenoxy) is 1. The molecule has 1 aromatic carbocycles. The molecule has 1 aromatic heterocycles. The zero-order valence-corrected chi connectivity index (χ0v) is 15.4. The van der Waals surface area contributed by atoms with Gasteiger partial charge in [-0.05, 0) is 18.6 Å². The molecule has 5 nitrogen and oxygen atoms in total. The summed E-state index contributed by atoms with van der Waals surface area (Å²) in [4.78, 5) is 2.22. The van der Waals surface area contributed by atoms with E-state index in [2.05, 4.69) is 31.8 Å². The number of halogens is 2. The Morgan fingerprint density at radius 3 is 2.54 bits per heavy atom. The van der Waals surface area contributed by atoms with E-state index in [4.69, 9.17) is 27.9 Å². The minimum Gasteiger partial charge on any atom is -0.378 e. The molecule has 0 bridgehead atoms. The molecule has 0 radical (unpaired) electrons. The summed E-state index contributed by atoms with van der Waals surface area (Å²) >= 11 is 14.0. The van der Waals surface area contributed by atoms with Gasteiger partial charge in [0.25, 0.3) is 0 Å². The van der Waals surface area contributed by atoms with E-state index >= 15 is 0 Å². The van der Waals surface area contributed by atoms with Crippen LogP contribution in [0.25, 0.3) is 5.69 Å². The van der Waals surface area contributed by atoms with Gasteiger partial charge in [-0.1, -0.05) is 30.0 Å². The Hall–Kier alpha value is -0.950. The van der Waals surface area contributed by atoms with Crippen molar-refractivity contribution in [3.05, 3.63) is 30.3 Å². The quantitative estimate of drug-likeness (QED) is 0.583. The number of hydrogen-bond donors (Lipinski definition) is 0. The molecular formula is C16H18Cl2N4OS. The molecule has 0 N–H and O–H groups in total. The fourth-order valence-electron chi connectivity index (χ4n) is 2.75. The van der Waals surface area contributed by atoms with Gasteiger partial charge in [0, 0.05) is 24.8 Å². The van der Waals surface area contributed by atoms with E-state index in [0.29, 0.717) is 19.1 Å². The van der Waals surface area contributed by atoms with Gasteiger partial charge in [0.1, 0.15) is 4.33 Å². The van der Waals surface area contributed by atoms with Crippen LogP contribution >= 0.6 is 35.0 Å². The zero-order chi connectivity index (χ0) is 16.6. The number of aromatic nitrogens is 3. The van der Waals surface area contributed by atoms with Crippen LogP contribution in [0.15, 0.2) is 35.5 Å². The maximum atomic E-state index is 6.14. The first kappa shape index (κ1) is 16.5. The van der Waals surface area contributed by atoms with Crippen molar-refractivity contribution >= 4 is 40.9 Å². The Morgan fingerprint density at radius 1 is 1.17 bits per heavy atom. The van der Waals surface area contributed by atoms with Gasteiger partial charge in [0.2, 0.25) is 5.95 Å². The van der Waals surface area contributed by atoms with Crippen LogP contribution in [0.5, 0.6) is 0 Å². The Balaban J connectivity index is 1.62. The molecule has 2 aliphatic rings. The predicted octanol–water partition coefficient (Wildman–Crippen LogP) is 3.39. The molecule has 1 saturated carbocycles. The normalized spacial score (nSPS) is 22.6. The lowest BCUT2D eigenvalue weighted by Gasteiger charge is -2.27. The van der Waals surface area contributed by atoms with Gasteiger partial charge in [-0.15, -0.1) is 33.4 Å². The van der Waals surface area contributed by atoms with Crippen molar-refractivity contribution in [2.75, 3.05) is 37.0 Å². The number of rotatable bonds is 5. The largest absolute Gasteiger partial charge is 0.378 e. The van der Waals surface area contributed by atoms with E-state index in [1.807, 2.05) is 18.2 Å². The van der Waals surface area contributed by atoms with Crippen molar-refractivity contribution < 1.29 is 4.74 Å². The number of anilines is 1. The summed E-state index contributed by atoms with van der Waals surface area (Å²) in [7, 11) is 0. The summed E-state index contributed by atoms with van der Waals surface area (Å²) < 4.78 is 7.01. The van der Waals surface area contributed by atoms with Gasteiger partial charge in [-0.3, -0.25) is 4.57 Å². The summed E-state index contributed by atoms with van der Waals surface area (Å²) in [5, 5.41) is 9.74. The summed E-state index contributed by atoms with van der Waals surface area (Å²) in [5.41, 5.74) is 1.06. The Bertz CT molecular complexity index is 703. The van der Waals surface area contributed by atoms with Gasteiger partial charge in [-0.2, -0.15) is 0 Å². The summed E-state index contributed by atoms with van der Waals surface area (Å²) in [6, 6.07) is 10.2. The van der Waals surface area contributed by atoms with E-state index in [1.54, 1.807) is 11.8 Å². The molecule has 1 aliphatic carbocycles. The molecule has 8 heteroatoms. The molecule has 128 valence electrons. The van der Waals surface area contributed by atoms with E-state index < -0.39 is 4.33 Å². The minimum atomic E-state index is -0.558. The van der Waals surface area contributed by atoms with Crippen molar-refractivity contribution in [1.82, 2.24) is 14.8 Å². The molecular weight excluding hydrogens is 367 g/mol. The first-order chi connectivity index (χ1) is 11.6. The summed E-state index contributed by atoms with van der Waals surface area (Å²) in [6.45, 7) is 3.08.